The number of hydrogen-bond donors (Lipinski definition) is 3. The Balaban J connectivity index is 2.00. The predicted molar refractivity (Wildman–Crippen MR) is 98.8 cm³/mol. The van der Waals surface area contributed by atoms with Crippen molar-refractivity contribution in [2.75, 3.05) is 12.4 Å². The van der Waals surface area contributed by atoms with Gasteiger partial charge in [0.15, 0.2) is 5.69 Å². The van der Waals surface area contributed by atoms with Crippen molar-refractivity contribution in [2.45, 2.75) is 56.5 Å². The molecule has 0 atom stereocenters. The van der Waals surface area contributed by atoms with E-state index in [1.807, 2.05) is 23.2 Å². The predicted octanol–water partition coefficient (Wildman–Crippen LogP) is 2.64. The first kappa shape index (κ1) is 17.9. The number of imidazole rings is 1. The van der Waals surface area contributed by atoms with E-state index >= 15 is 0 Å². The van der Waals surface area contributed by atoms with Crippen LogP contribution in [0, 0.1) is 0 Å². The van der Waals surface area contributed by atoms with E-state index in [1.165, 1.54) is 26.3 Å². The molecular formula is C18H27N4O2S+. The Hall–Kier alpha value is -1.86. The molecule has 1 aliphatic rings. The molecule has 3 N–H and O–H groups in total. The molecule has 25 heavy (non-hydrogen) atoms. The van der Waals surface area contributed by atoms with Crippen LogP contribution in [0.1, 0.15) is 39.0 Å². The summed E-state index contributed by atoms with van der Waals surface area (Å²) < 4.78 is 28.8. The first-order chi connectivity index (χ1) is 12.0. The number of rotatable bonds is 6. The fraction of sp³-hybridized carbons (Fsp3) is 0.500. The summed E-state index contributed by atoms with van der Waals surface area (Å²) in [6, 6.07) is 5.73. The molecule has 1 saturated carbocycles. The number of H-pyrrole nitrogens is 1. The fourth-order valence-electron chi connectivity index (χ4n) is 3.35. The molecule has 136 valence electrons. The quantitative estimate of drug-likeness (QED) is 0.691. The van der Waals surface area contributed by atoms with Crippen molar-refractivity contribution in [3.05, 3.63) is 30.7 Å². The van der Waals surface area contributed by atoms with E-state index in [2.05, 4.69) is 21.9 Å². The standard InChI is InChI=1S/C18H26N4O2S/c1-3-22-12-18(20-13-22)16-11-15(25(23,24)19-2)9-10-17(16)21-14-7-5-4-6-8-14/h9-14,19,21H,3-8H2,1-2H3/p+1. The zero-order valence-corrected chi connectivity index (χ0v) is 15.7. The van der Waals surface area contributed by atoms with Crippen LogP contribution in [0.3, 0.4) is 0 Å². The normalized spacial score (nSPS) is 16.1. The van der Waals surface area contributed by atoms with E-state index < -0.39 is 10.0 Å². The lowest BCUT2D eigenvalue weighted by molar-refractivity contribution is -0.692. The first-order valence-electron chi connectivity index (χ1n) is 8.95. The number of aromatic amines is 1. The number of sulfonamides is 1. The van der Waals surface area contributed by atoms with Gasteiger partial charge in [-0.2, -0.15) is 0 Å². The van der Waals surface area contributed by atoms with Crippen LogP contribution >= 0.6 is 0 Å². The Morgan fingerprint density at radius 2 is 2.00 bits per heavy atom. The van der Waals surface area contributed by atoms with E-state index in [9.17, 15) is 8.42 Å². The number of aryl methyl sites for hydroxylation is 1. The molecule has 0 amide bonds. The smallest absolute Gasteiger partial charge is 0.242 e. The zero-order valence-electron chi connectivity index (χ0n) is 14.9. The van der Waals surface area contributed by atoms with Crippen LogP contribution in [0.2, 0.25) is 0 Å². The van der Waals surface area contributed by atoms with Crippen molar-refractivity contribution in [1.82, 2.24) is 9.71 Å². The van der Waals surface area contributed by atoms with E-state index in [-0.39, 0.29) is 4.90 Å². The summed E-state index contributed by atoms with van der Waals surface area (Å²) in [5, 5.41) is 3.63. The molecule has 1 fully saturated rings. The van der Waals surface area contributed by atoms with Crippen molar-refractivity contribution in [2.24, 2.45) is 0 Å². The van der Waals surface area contributed by atoms with Gasteiger partial charge in [-0.05, 0) is 45.0 Å². The fourth-order valence-corrected chi connectivity index (χ4v) is 4.10. The Morgan fingerprint density at radius 1 is 1.24 bits per heavy atom. The molecule has 7 heteroatoms. The van der Waals surface area contributed by atoms with Crippen LogP contribution < -0.4 is 14.6 Å². The van der Waals surface area contributed by atoms with Gasteiger partial charge in [-0.1, -0.05) is 19.3 Å². The second-order valence-corrected chi connectivity index (χ2v) is 8.43. The monoisotopic (exact) mass is 363 g/mol. The van der Waals surface area contributed by atoms with E-state index in [4.69, 9.17) is 0 Å². The Labute approximate surface area is 149 Å². The van der Waals surface area contributed by atoms with Gasteiger partial charge in [-0.15, -0.1) is 0 Å². The Morgan fingerprint density at radius 3 is 2.64 bits per heavy atom. The summed E-state index contributed by atoms with van der Waals surface area (Å²) in [5.41, 5.74) is 2.77. The maximum absolute atomic E-state index is 12.2. The van der Waals surface area contributed by atoms with Gasteiger partial charge < -0.3 is 5.32 Å². The van der Waals surface area contributed by atoms with Gasteiger partial charge in [0.25, 0.3) is 0 Å². The third kappa shape index (κ3) is 4.04. The summed E-state index contributed by atoms with van der Waals surface area (Å²) in [4.78, 5) is 3.53. The van der Waals surface area contributed by atoms with Gasteiger partial charge in [-0.3, -0.25) is 0 Å². The van der Waals surface area contributed by atoms with E-state index in [1.54, 1.807) is 12.1 Å². The minimum atomic E-state index is -3.48. The Kier molecular flexibility index (Phi) is 5.44. The highest BCUT2D eigenvalue weighted by atomic mass is 32.2. The first-order valence-corrected chi connectivity index (χ1v) is 10.4. The van der Waals surface area contributed by atoms with Crippen LogP contribution in [0.5, 0.6) is 0 Å². The topological polar surface area (TPSA) is 77.9 Å². The van der Waals surface area contributed by atoms with Gasteiger partial charge in [-0.25, -0.2) is 22.7 Å². The van der Waals surface area contributed by atoms with Crippen LogP contribution in [0.4, 0.5) is 5.69 Å². The summed E-state index contributed by atoms with van der Waals surface area (Å²) in [6.45, 7) is 2.93. The number of benzene rings is 1. The van der Waals surface area contributed by atoms with Gasteiger partial charge >= 0.3 is 0 Å². The molecule has 1 aromatic carbocycles. The highest BCUT2D eigenvalue weighted by Gasteiger charge is 2.20. The van der Waals surface area contributed by atoms with Crippen LogP contribution in [0.15, 0.2) is 35.6 Å². The molecular weight excluding hydrogens is 336 g/mol. The van der Waals surface area contributed by atoms with Gasteiger partial charge in [0.1, 0.15) is 6.20 Å². The minimum absolute atomic E-state index is 0.275. The molecule has 0 saturated heterocycles. The lowest BCUT2D eigenvalue weighted by atomic mass is 9.95. The highest BCUT2D eigenvalue weighted by Crippen LogP contribution is 2.31. The number of nitrogens with one attached hydrogen (secondary N) is 3. The molecule has 0 aliphatic heterocycles. The van der Waals surface area contributed by atoms with E-state index in [0.717, 1.165) is 36.3 Å². The molecule has 0 radical (unpaired) electrons. The molecule has 1 heterocycles. The Bertz CT molecular complexity index is 823. The largest absolute Gasteiger partial charge is 0.382 e. The average molecular weight is 364 g/mol. The zero-order chi connectivity index (χ0) is 17.9. The molecule has 1 aliphatic carbocycles. The molecule has 0 bridgehead atoms. The van der Waals surface area contributed by atoms with Crippen LogP contribution in [-0.4, -0.2) is 26.5 Å². The number of nitrogens with zero attached hydrogens (tertiary/aromatic N) is 1. The molecule has 2 aromatic rings. The number of anilines is 1. The number of aromatic nitrogens is 2. The van der Waals surface area contributed by atoms with Crippen molar-refractivity contribution in [1.29, 1.82) is 0 Å². The summed E-state index contributed by atoms with van der Waals surface area (Å²) in [5.74, 6) is 0. The van der Waals surface area contributed by atoms with Crippen molar-refractivity contribution in [3.8, 4) is 11.3 Å². The van der Waals surface area contributed by atoms with Crippen molar-refractivity contribution >= 4 is 15.7 Å². The van der Waals surface area contributed by atoms with Gasteiger partial charge in [0.2, 0.25) is 16.4 Å². The maximum atomic E-state index is 12.2. The second-order valence-electron chi connectivity index (χ2n) is 6.54. The molecule has 6 nitrogen and oxygen atoms in total. The average Bonchev–Trinajstić information content (AvgIpc) is 3.12. The van der Waals surface area contributed by atoms with Crippen molar-refractivity contribution in [3.63, 3.8) is 0 Å². The molecule has 3 rings (SSSR count). The summed E-state index contributed by atoms with van der Waals surface area (Å²) in [6.07, 6.45) is 10.0. The van der Waals surface area contributed by atoms with Crippen molar-refractivity contribution < 1.29 is 13.0 Å². The van der Waals surface area contributed by atoms with Crippen LogP contribution in [-0.2, 0) is 16.6 Å². The summed E-state index contributed by atoms with van der Waals surface area (Å²) >= 11 is 0. The lowest BCUT2D eigenvalue weighted by Crippen LogP contribution is -2.28. The molecule has 1 aromatic heterocycles. The molecule has 0 spiro atoms. The van der Waals surface area contributed by atoms with Gasteiger partial charge in [0, 0.05) is 17.3 Å². The third-order valence-corrected chi connectivity index (χ3v) is 6.28. The number of hydrogen-bond acceptors (Lipinski definition) is 3. The third-order valence-electron chi connectivity index (χ3n) is 4.87. The lowest BCUT2D eigenvalue weighted by Gasteiger charge is -2.25. The molecule has 0 unspecified atom stereocenters. The maximum Gasteiger partial charge on any atom is 0.242 e. The minimum Gasteiger partial charge on any atom is -0.382 e. The van der Waals surface area contributed by atoms with E-state index in [0.29, 0.717) is 6.04 Å². The highest BCUT2D eigenvalue weighted by molar-refractivity contribution is 7.89. The summed E-state index contributed by atoms with van der Waals surface area (Å²) in [7, 11) is -2.04. The van der Waals surface area contributed by atoms with Gasteiger partial charge in [0.05, 0.1) is 11.4 Å². The second kappa shape index (κ2) is 7.58. The SMILES string of the molecule is CC[n+]1c[nH]c(-c2cc(S(=O)(=O)NC)ccc2NC2CCCCC2)c1. The van der Waals surface area contributed by atoms with Crippen LogP contribution in [0.25, 0.3) is 11.3 Å².